The van der Waals surface area contributed by atoms with Gasteiger partial charge in [-0.25, -0.2) is 0 Å². The third-order valence-electron chi connectivity index (χ3n) is 10.4. The summed E-state index contributed by atoms with van der Waals surface area (Å²) in [6, 6.07) is 13.6. The Morgan fingerprint density at radius 2 is 0.952 bits per heavy atom. The van der Waals surface area contributed by atoms with Crippen LogP contribution in [-0.2, 0) is 38.2 Å². The summed E-state index contributed by atoms with van der Waals surface area (Å²) in [5.74, 6) is -1.48. The molecule has 3 aliphatic heterocycles. The first-order chi connectivity index (χ1) is 29.5. The Bertz CT molecular complexity index is 1960. The van der Waals surface area contributed by atoms with Crippen LogP contribution in [0.1, 0.15) is 44.1 Å². The standard InChI is InChI=1S/C17H23N3O4.C15H21N3O3.C13H17N3O/c1-12(21)18-15-6-4-14(5-7-15)16(24-13(2)22)17(23)20-10-8-19(3)9-11-20;1-11(19)21-14(12-3-5-13(16)6-4-12)15(20)18-9-7-17(2)8-10-18;1-15-6-8-16(9-7-15)13(17)10-11-2-4-12(14)5-3-11/h4-7,16H,8-11H2,1-3H3,(H,18,21);3-6,14H,7-10,16H2,1-2H3;2-5,10,14H,6-9H2,1H3. The zero-order chi connectivity index (χ0) is 45.3. The number of benzene rings is 2. The molecule has 1 aliphatic carbocycles. The van der Waals surface area contributed by atoms with Gasteiger partial charge in [0.1, 0.15) is 0 Å². The highest BCUT2D eigenvalue weighted by Gasteiger charge is 2.32. The number of likely N-dealkylation sites (N-methyl/N-ethyl adjacent to an activating group) is 3. The minimum atomic E-state index is -0.961. The average Bonchev–Trinajstić information content (AvgIpc) is 3.24. The topological polar surface area (TPSA) is 202 Å². The molecule has 17 nitrogen and oxygen atoms in total. The van der Waals surface area contributed by atoms with E-state index in [0.717, 1.165) is 57.9 Å². The Kier molecular flexibility index (Phi) is 18.6. The maximum atomic E-state index is 12.8. The van der Waals surface area contributed by atoms with Crippen LogP contribution in [0.2, 0.25) is 0 Å². The van der Waals surface area contributed by atoms with Gasteiger partial charge in [0.2, 0.25) is 24.0 Å². The molecule has 2 atom stereocenters. The van der Waals surface area contributed by atoms with Crippen molar-refractivity contribution < 1.29 is 38.2 Å². The third-order valence-corrected chi connectivity index (χ3v) is 10.4. The smallest absolute Gasteiger partial charge is 0.303 e. The van der Waals surface area contributed by atoms with Crippen LogP contribution >= 0.6 is 0 Å². The number of esters is 2. The lowest BCUT2D eigenvalue weighted by atomic mass is 10.1. The molecule has 2 unspecified atom stereocenters. The highest BCUT2D eigenvalue weighted by atomic mass is 16.6. The van der Waals surface area contributed by atoms with E-state index in [1.807, 2.05) is 19.0 Å². The van der Waals surface area contributed by atoms with Crippen molar-refractivity contribution in [3.05, 3.63) is 95.6 Å². The summed E-state index contributed by atoms with van der Waals surface area (Å²) in [5.41, 5.74) is 9.44. The first-order valence-corrected chi connectivity index (χ1v) is 20.6. The molecule has 2 aromatic carbocycles. The van der Waals surface area contributed by atoms with E-state index in [1.54, 1.807) is 88.7 Å². The number of allylic oxidation sites excluding steroid dienone is 5. The number of nitrogens with zero attached hydrogens (tertiary/aromatic N) is 6. The number of amides is 4. The minimum Gasteiger partial charge on any atom is -0.447 e. The summed E-state index contributed by atoms with van der Waals surface area (Å²) >= 11 is 0. The summed E-state index contributed by atoms with van der Waals surface area (Å²) in [6.45, 7) is 13.2. The predicted molar refractivity (Wildman–Crippen MR) is 237 cm³/mol. The number of nitrogen functional groups attached to an aromatic ring is 1. The van der Waals surface area contributed by atoms with E-state index in [1.165, 1.54) is 20.8 Å². The van der Waals surface area contributed by atoms with E-state index in [2.05, 4.69) is 27.1 Å². The first kappa shape index (κ1) is 48.5. The van der Waals surface area contributed by atoms with Crippen molar-refractivity contribution in [2.45, 2.75) is 33.0 Å². The fraction of sp³-hybridized carbons (Fsp3) is 0.444. The van der Waals surface area contributed by atoms with Gasteiger partial charge in [-0.2, -0.15) is 0 Å². The van der Waals surface area contributed by atoms with Crippen molar-refractivity contribution >= 4 is 52.7 Å². The zero-order valence-corrected chi connectivity index (χ0v) is 36.7. The second kappa shape index (κ2) is 23.7. The monoisotopic (exact) mass is 855 g/mol. The average molecular weight is 856 g/mol. The lowest BCUT2D eigenvalue weighted by Crippen LogP contribution is -2.49. The molecule has 3 saturated heterocycles. The summed E-state index contributed by atoms with van der Waals surface area (Å²) in [7, 11) is 6.09. The predicted octanol–water partition coefficient (Wildman–Crippen LogP) is 2.50. The van der Waals surface area contributed by atoms with Gasteiger partial charge in [-0.1, -0.05) is 36.4 Å². The molecule has 0 bridgehead atoms. The number of piperazine rings is 3. The molecule has 17 heteroatoms. The zero-order valence-electron chi connectivity index (χ0n) is 36.7. The summed E-state index contributed by atoms with van der Waals surface area (Å²) < 4.78 is 10.5. The molecular formula is C45H61N9O8. The number of carbonyl (C=O) groups is 6. The third kappa shape index (κ3) is 15.7. The molecule has 0 aromatic heterocycles. The number of anilines is 2. The summed E-state index contributed by atoms with van der Waals surface area (Å²) in [4.78, 5) is 83.0. The second-order valence-corrected chi connectivity index (χ2v) is 15.6. The molecule has 3 heterocycles. The molecule has 4 aliphatic rings. The van der Waals surface area contributed by atoms with Gasteiger partial charge < -0.3 is 55.3 Å². The number of carbonyl (C=O) groups excluding carboxylic acids is 6. The van der Waals surface area contributed by atoms with Crippen LogP contribution in [-0.4, -0.2) is 170 Å². The van der Waals surface area contributed by atoms with Crippen molar-refractivity contribution in [1.82, 2.24) is 29.4 Å². The van der Waals surface area contributed by atoms with Crippen molar-refractivity contribution in [2.24, 2.45) is 0 Å². The fourth-order valence-corrected chi connectivity index (χ4v) is 6.69. The number of hydrogen-bond donors (Lipinski definition) is 3. The molecule has 3 fully saturated rings. The van der Waals surface area contributed by atoms with Crippen LogP contribution in [0.3, 0.4) is 0 Å². The molecule has 334 valence electrons. The molecule has 4 N–H and O–H groups in total. The van der Waals surface area contributed by atoms with Gasteiger partial charge in [-0.15, -0.1) is 0 Å². The SMILES string of the molecule is CC(=O)Nc1ccc(C(OC(C)=O)C(=O)N2CCN(C)CC2)cc1.CC(=O)OC(C(=O)N1CCN(C)CC1)c1ccc(N)cc1.CN1CCN(C(=O)C=C2C=CC(=N)C=C2)CC1. The van der Waals surface area contributed by atoms with E-state index in [4.69, 9.17) is 20.6 Å². The van der Waals surface area contributed by atoms with E-state index >= 15 is 0 Å². The Hall–Kier alpha value is -6.17. The largest absolute Gasteiger partial charge is 0.447 e. The first-order valence-electron chi connectivity index (χ1n) is 20.6. The Balaban J connectivity index is 0.000000207. The highest BCUT2D eigenvalue weighted by molar-refractivity contribution is 6.04. The van der Waals surface area contributed by atoms with Crippen molar-refractivity contribution in [3.63, 3.8) is 0 Å². The maximum Gasteiger partial charge on any atom is 0.303 e. The van der Waals surface area contributed by atoms with Gasteiger partial charge in [-0.3, -0.25) is 28.8 Å². The normalized spacial score (nSPS) is 17.9. The van der Waals surface area contributed by atoms with E-state index in [9.17, 15) is 28.8 Å². The molecule has 6 rings (SSSR count). The van der Waals surface area contributed by atoms with Crippen LogP contribution in [0.5, 0.6) is 0 Å². The summed E-state index contributed by atoms with van der Waals surface area (Å²) in [5, 5.41) is 10.0. The van der Waals surface area contributed by atoms with Crippen molar-refractivity contribution in [1.29, 1.82) is 5.41 Å². The quantitative estimate of drug-likeness (QED) is 0.199. The Labute approximate surface area is 364 Å². The molecule has 0 radical (unpaired) electrons. The molecular weight excluding hydrogens is 795 g/mol. The number of hydrogen-bond acceptors (Lipinski definition) is 13. The van der Waals surface area contributed by atoms with E-state index < -0.39 is 24.1 Å². The van der Waals surface area contributed by atoms with Crippen LogP contribution in [0.15, 0.2) is 84.5 Å². The molecule has 62 heavy (non-hydrogen) atoms. The van der Waals surface area contributed by atoms with Crippen LogP contribution in [0.4, 0.5) is 11.4 Å². The van der Waals surface area contributed by atoms with Gasteiger partial charge in [0, 0.05) is 128 Å². The van der Waals surface area contributed by atoms with Gasteiger partial charge in [-0.05, 0) is 63.1 Å². The van der Waals surface area contributed by atoms with Crippen LogP contribution < -0.4 is 11.1 Å². The minimum absolute atomic E-state index is 0.0656. The number of rotatable bonds is 8. The molecule has 2 aromatic rings. The van der Waals surface area contributed by atoms with Gasteiger partial charge in [0.05, 0.1) is 5.71 Å². The van der Waals surface area contributed by atoms with Gasteiger partial charge in [0.15, 0.2) is 0 Å². The Morgan fingerprint density at radius 1 is 0.581 bits per heavy atom. The number of ether oxygens (including phenoxy) is 2. The Morgan fingerprint density at radius 3 is 1.32 bits per heavy atom. The van der Waals surface area contributed by atoms with Crippen molar-refractivity contribution in [3.8, 4) is 0 Å². The second-order valence-electron chi connectivity index (χ2n) is 15.6. The van der Waals surface area contributed by atoms with Gasteiger partial charge in [0.25, 0.3) is 11.8 Å². The summed E-state index contributed by atoms with van der Waals surface area (Å²) in [6.07, 6.45) is 6.78. The van der Waals surface area contributed by atoms with Crippen LogP contribution in [0.25, 0.3) is 0 Å². The molecule has 0 spiro atoms. The lowest BCUT2D eigenvalue weighted by molar-refractivity contribution is -0.160. The van der Waals surface area contributed by atoms with E-state index in [-0.39, 0.29) is 23.6 Å². The lowest BCUT2D eigenvalue weighted by Gasteiger charge is -2.34. The fourth-order valence-electron chi connectivity index (χ4n) is 6.69. The molecule has 0 saturated carbocycles. The maximum absolute atomic E-state index is 12.8. The van der Waals surface area contributed by atoms with Crippen molar-refractivity contribution in [2.75, 3.05) is 111 Å². The van der Waals surface area contributed by atoms with Gasteiger partial charge >= 0.3 is 11.9 Å². The van der Waals surface area contributed by atoms with Crippen LogP contribution in [0, 0.1) is 5.41 Å². The van der Waals surface area contributed by atoms with E-state index in [0.29, 0.717) is 54.4 Å². The number of nitrogens with two attached hydrogens (primary N) is 1. The highest BCUT2D eigenvalue weighted by Crippen LogP contribution is 2.24. The molecule has 4 amide bonds. The number of nitrogens with one attached hydrogen (secondary N) is 2.